The summed E-state index contributed by atoms with van der Waals surface area (Å²) in [4.78, 5) is 27.7. The van der Waals surface area contributed by atoms with E-state index >= 15 is 0 Å². The molecule has 3 aromatic heterocycles. The van der Waals surface area contributed by atoms with Gasteiger partial charge in [0, 0.05) is 42.8 Å². The molecule has 1 aliphatic carbocycles. The third kappa shape index (κ3) is 3.42. The van der Waals surface area contributed by atoms with E-state index in [1.807, 2.05) is 53.2 Å². The summed E-state index contributed by atoms with van der Waals surface area (Å²) in [6, 6.07) is 18.7. The fraction of sp³-hybridized carbons (Fsp3) is 0.241. The molecule has 1 saturated heterocycles. The fourth-order valence-electron chi connectivity index (χ4n) is 6.54. The van der Waals surface area contributed by atoms with Crippen molar-refractivity contribution in [3.8, 4) is 5.69 Å². The second-order valence-electron chi connectivity index (χ2n) is 10.1. The van der Waals surface area contributed by atoms with E-state index in [1.165, 1.54) is 6.07 Å². The van der Waals surface area contributed by atoms with E-state index in [1.54, 1.807) is 24.5 Å². The molecule has 2 N–H and O–H groups in total. The van der Waals surface area contributed by atoms with Gasteiger partial charge in [0.2, 0.25) is 0 Å². The fourth-order valence-corrected chi connectivity index (χ4v) is 6.54. The van der Waals surface area contributed by atoms with Crippen molar-refractivity contribution in [2.75, 3.05) is 24.5 Å². The van der Waals surface area contributed by atoms with Crippen LogP contribution in [0.3, 0.4) is 0 Å². The summed E-state index contributed by atoms with van der Waals surface area (Å²) >= 11 is 0. The normalized spacial score (nSPS) is 22.4. The van der Waals surface area contributed by atoms with Crippen molar-refractivity contribution in [1.82, 2.24) is 24.8 Å². The van der Waals surface area contributed by atoms with Gasteiger partial charge in [-0.2, -0.15) is 0 Å². The number of amides is 1. The molecule has 2 fully saturated rings. The Hall–Kier alpha value is -4.53. The van der Waals surface area contributed by atoms with Crippen molar-refractivity contribution in [1.29, 1.82) is 0 Å². The molecule has 7 rings (SSSR count). The standard InChI is InChI=1S/C29H25FN6O2/c30-22-7-3-2-6-20(22)29(17-33-28(37)38)19-10-13-35(16-21(19)29)26-15-32-27-24(34-26)11-14-36(27)25-9-12-31-23-8-4-1-5-18(23)25/h1-9,11-12,14-15,19,21,33H,10,13,16-17H2,(H,37,38)/t19-,21+,29-/m1/s1. The van der Waals surface area contributed by atoms with Gasteiger partial charge in [0.15, 0.2) is 5.65 Å². The number of halogens is 1. The van der Waals surface area contributed by atoms with Crippen LogP contribution in [0.4, 0.5) is 15.0 Å². The van der Waals surface area contributed by atoms with Crippen LogP contribution in [0.2, 0.25) is 0 Å². The van der Waals surface area contributed by atoms with Gasteiger partial charge in [-0.3, -0.25) is 9.55 Å². The lowest BCUT2D eigenvalue weighted by Crippen LogP contribution is -2.35. The number of carboxylic acid groups (broad SMARTS) is 1. The number of nitrogens with one attached hydrogen (secondary N) is 1. The number of anilines is 1. The number of rotatable bonds is 5. The number of carbonyl (C=O) groups is 1. The van der Waals surface area contributed by atoms with Crippen LogP contribution in [0.25, 0.3) is 27.8 Å². The summed E-state index contributed by atoms with van der Waals surface area (Å²) in [5, 5.41) is 12.9. The van der Waals surface area contributed by atoms with Crippen LogP contribution in [0.1, 0.15) is 12.0 Å². The summed E-state index contributed by atoms with van der Waals surface area (Å²) in [5.41, 5.74) is 3.49. The number of pyridine rings is 1. The molecule has 0 radical (unpaired) electrons. The first-order valence-electron chi connectivity index (χ1n) is 12.7. The Morgan fingerprint density at radius 1 is 1.05 bits per heavy atom. The van der Waals surface area contributed by atoms with Crippen LogP contribution in [0.5, 0.6) is 0 Å². The number of benzene rings is 2. The van der Waals surface area contributed by atoms with Crippen LogP contribution in [-0.4, -0.2) is 50.4 Å². The van der Waals surface area contributed by atoms with E-state index in [4.69, 9.17) is 9.97 Å². The van der Waals surface area contributed by atoms with Crippen molar-refractivity contribution < 1.29 is 14.3 Å². The molecule has 2 aliphatic rings. The molecule has 5 aromatic rings. The van der Waals surface area contributed by atoms with Gasteiger partial charge in [-0.15, -0.1) is 0 Å². The molecular weight excluding hydrogens is 483 g/mol. The third-order valence-electron chi connectivity index (χ3n) is 8.32. The van der Waals surface area contributed by atoms with Crippen molar-refractivity contribution in [3.63, 3.8) is 0 Å². The first-order chi connectivity index (χ1) is 18.6. The highest BCUT2D eigenvalue weighted by Gasteiger charge is 2.67. The maximum Gasteiger partial charge on any atom is 0.404 e. The maximum absolute atomic E-state index is 14.9. The first kappa shape index (κ1) is 22.7. The smallest absolute Gasteiger partial charge is 0.404 e. The van der Waals surface area contributed by atoms with Gasteiger partial charge < -0.3 is 15.3 Å². The highest BCUT2D eigenvalue weighted by molar-refractivity contribution is 5.89. The molecule has 0 unspecified atom stereocenters. The predicted molar refractivity (Wildman–Crippen MR) is 142 cm³/mol. The second-order valence-corrected chi connectivity index (χ2v) is 10.1. The highest BCUT2D eigenvalue weighted by atomic mass is 19.1. The van der Waals surface area contributed by atoms with Gasteiger partial charge in [-0.1, -0.05) is 36.4 Å². The summed E-state index contributed by atoms with van der Waals surface area (Å²) in [6.07, 6.45) is 5.30. The predicted octanol–water partition coefficient (Wildman–Crippen LogP) is 4.77. The number of nitrogens with zero attached hydrogens (tertiary/aromatic N) is 5. The zero-order valence-corrected chi connectivity index (χ0v) is 20.5. The van der Waals surface area contributed by atoms with Crippen molar-refractivity contribution >= 4 is 34.0 Å². The minimum atomic E-state index is -1.09. The zero-order chi connectivity index (χ0) is 25.9. The number of aromatic nitrogens is 4. The van der Waals surface area contributed by atoms with Gasteiger partial charge in [0.05, 0.1) is 17.4 Å². The largest absolute Gasteiger partial charge is 0.465 e. The van der Waals surface area contributed by atoms with Crippen molar-refractivity contribution in [3.05, 3.63) is 90.6 Å². The van der Waals surface area contributed by atoms with E-state index in [-0.39, 0.29) is 24.2 Å². The highest BCUT2D eigenvalue weighted by Crippen LogP contribution is 2.63. The number of para-hydroxylation sites is 1. The monoisotopic (exact) mass is 508 g/mol. The van der Waals surface area contributed by atoms with Crippen LogP contribution >= 0.6 is 0 Å². The first-order valence-corrected chi connectivity index (χ1v) is 12.7. The van der Waals surface area contributed by atoms with Crippen molar-refractivity contribution in [2.24, 2.45) is 11.8 Å². The van der Waals surface area contributed by atoms with Crippen LogP contribution in [0, 0.1) is 17.7 Å². The van der Waals surface area contributed by atoms with Gasteiger partial charge in [0.1, 0.15) is 17.2 Å². The van der Waals surface area contributed by atoms with Gasteiger partial charge in [0.25, 0.3) is 0 Å². The Morgan fingerprint density at radius 3 is 2.76 bits per heavy atom. The second kappa shape index (κ2) is 8.51. The molecule has 9 heteroatoms. The molecule has 4 heterocycles. The van der Waals surface area contributed by atoms with E-state index in [0.717, 1.165) is 46.5 Å². The van der Waals surface area contributed by atoms with Gasteiger partial charge >= 0.3 is 6.09 Å². The molecule has 0 spiro atoms. The summed E-state index contributed by atoms with van der Waals surface area (Å²) in [5.74, 6) is 0.811. The Kier molecular flexibility index (Phi) is 5.07. The Labute approximate surface area is 217 Å². The van der Waals surface area contributed by atoms with E-state index in [9.17, 15) is 14.3 Å². The minimum Gasteiger partial charge on any atom is -0.465 e. The Bertz CT molecular complexity index is 1700. The lowest BCUT2D eigenvalue weighted by molar-refractivity contribution is 0.192. The minimum absolute atomic E-state index is 0.116. The van der Waals surface area contributed by atoms with Crippen LogP contribution < -0.4 is 10.2 Å². The quantitative estimate of drug-likeness (QED) is 0.355. The zero-order valence-electron chi connectivity index (χ0n) is 20.5. The lowest BCUT2D eigenvalue weighted by Gasteiger charge is -2.27. The number of piperidine rings is 1. The van der Waals surface area contributed by atoms with Crippen LogP contribution in [-0.2, 0) is 5.41 Å². The van der Waals surface area contributed by atoms with E-state index in [0.29, 0.717) is 12.1 Å². The Balaban J connectivity index is 1.20. The maximum atomic E-state index is 14.9. The molecule has 1 aliphatic heterocycles. The molecule has 38 heavy (non-hydrogen) atoms. The summed E-state index contributed by atoms with van der Waals surface area (Å²) in [7, 11) is 0. The molecular formula is C29H25FN6O2. The van der Waals surface area contributed by atoms with Crippen molar-refractivity contribution in [2.45, 2.75) is 11.8 Å². The Morgan fingerprint density at radius 2 is 1.89 bits per heavy atom. The average Bonchev–Trinajstić information content (AvgIpc) is 3.39. The van der Waals surface area contributed by atoms with E-state index < -0.39 is 11.5 Å². The average molecular weight is 509 g/mol. The molecule has 8 nitrogen and oxygen atoms in total. The molecule has 190 valence electrons. The molecule has 0 bridgehead atoms. The third-order valence-corrected chi connectivity index (χ3v) is 8.32. The summed E-state index contributed by atoms with van der Waals surface area (Å²) < 4.78 is 16.9. The lowest BCUT2D eigenvalue weighted by atomic mass is 9.90. The topological polar surface area (TPSA) is 96.2 Å². The number of hydrogen-bond donors (Lipinski definition) is 2. The molecule has 3 atom stereocenters. The van der Waals surface area contributed by atoms with Gasteiger partial charge in [-0.25, -0.2) is 19.2 Å². The van der Waals surface area contributed by atoms with Gasteiger partial charge in [-0.05, 0) is 48.1 Å². The van der Waals surface area contributed by atoms with E-state index in [2.05, 4.69) is 15.2 Å². The number of fused-ring (bicyclic) bond motifs is 3. The molecule has 1 amide bonds. The molecule has 2 aromatic carbocycles. The number of hydrogen-bond acceptors (Lipinski definition) is 5. The summed E-state index contributed by atoms with van der Waals surface area (Å²) in [6.45, 7) is 1.61. The SMILES string of the molecule is O=C(O)NC[C@]1(c2ccccc2F)[C@@H]2CCN(c3cnc4c(ccn4-c4ccnc5ccccc45)n3)C[C@@H]21. The van der Waals surface area contributed by atoms with Crippen LogP contribution in [0.15, 0.2) is 79.3 Å². The molecule has 1 saturated carbocycles.